The molecule has 0 aromatic heterocycles. The van der Waals surface area contributed by atoms with E-state index < -0.39 is 0 Å². The molecule has 0 rings (SSSR count). The van der Waals surface area contributed by atoms with Gasteiger partial charge in [-0.2, -0.15) is 0 Å². The average molecular weight is 672 g/mol. The Morgan fingerprint density at radius 2 is 0.896 bits per heavy atom. The summed E-state index contributed by atoms with van der Waals surface area (Å²) in [5.41, 5.74) is 0. The second kappa shape index (κ2) is 37.7. The third-order valence-corrected chi connectivity index (χ3v) is 8.47. The van der Waals surface area contributed by atoms with Crippen LogP contribution in [0.15, 0.2) is 48.6 Å². The first-order valence-corrected chi connectivity index (χ1v) is 20.1. The van der Waals surface area contributed by atoms with E-state index in [1.54, 1.807) is 0 Å². The highest BCUT2D eigenvalue weighted by atomic mass is 16.6. The molecule has 0 amide bonds. The van der Waals surface area contributed by atoms with Crippen LogP contribution in [-0.2, 0) is 19.1 Å². The summed E-state index contributed by atoms with van der Waals surface area (Å²) in [4.78, 5) is 27.0. The van der Waals surface area contributed by atoms with Gasteiger partial charge in [0.1, 0.15) is 12.7 Å². The standard InChI is InChI=1S/C43H77NO4/c1-5-7-9-11-13-15-17-19-21-23-25-27-29-31-33-37-42(45)47-40-41(36-35-39-44(3)4)48-43(46)38-34-32-30-28-26-24-22-20-18-16-14-12-10-8-6-2/h13,15,18,20,25-28,41H,5-12,14,16-17,19,21-24,29-40H2,1-4H3/b15-13-,20-18-,27-25-,28-26-/t41-/m0/s1. The van der Waals surface area contributed by atoms with Crippen molar-refractivity contribution in [1.82, 2.24) is 4.90 Å². The van der Waals surface area contributed by atoms with Gasteiger partial charge in [0.15, 0.2) is 0 Å². The maximum absolute atomic E-state index is 12.5. The second-order valence-corrected chi connectivity index (χ2v) is 13.7. The molecule has 0 spiro atoms. The Bertz CT molecular complexity index is 829. The lowest BCUT2D eigenvalue weighted by atomic mass is 10.1. The molecule has 0 bridgehead atoms. The maximum Gasteiger partial charge on any atom is 0.306 e. The molecule has 0 unspecified atom stereocenters. The summed E-state index contributed by atoms with van der Waals surface area (Å²) in [6.07, 6.45) is 46.1. The topological polar surface area (TPSA) is 55.8 Å². The predicted molar refractivity (Wildman–Crippen MR) is 207 cm³/mol. The van der Waals surface area contributed by atoms with Crippen molar-refractivity contribution in [3.05, 3.63) is 48.6 Å². The van der Waals surface area contributed by atoms with Crippen molar-refractivity contribution in [2.45, 2.75) is 187 Å². The minimum absolute atomic E-state index is 0.155. The predicted octanol–water partition coefficient (Wildman–Crippen LogP) is 12.4. The number of unbranched alkanes of at least 4 members (excludes halogenated alkanes) is 16. The summed E-state index contributed by atoms with van der Waals surface area (Å²) >= 11 is 0. The minimum atomic E-state index is -0.370. The Kier molecular flexibility index (Phi) is 36.0. The number of carbonyl (C=O) groups excluding carboxylic acids is 2. The maximum atomic E-state index is 12.5. The van der Waals surface area contributed by atoms with Gasteiger partial charge < -0.3 is 14.4 Å². The zero-order valence-corrected chi connectivity index (χ0v) is 32.1. The number of rotatable bonds is 35. The van der Waals surface area contributed by atoms with Gasteiger partial charge >= 0.3 is 11.9 Å². The number of carbonyl (C=O) groups is 2. The van der Waals surface area contributed by atoms with Gasteiger partial charge in [-0.1, -0.05) is 101 Å². The van der Waals surface area contributed by atoms with Crippen LogP contribution in [0.5, 0.6) is 0 Å². The SMILES string of the molecule is CCCCC/C=C\CCCC/C=C\CCCCC(=O)OC[C@H](CCCN(C)C)OC(=O)CCCC/C=C\CC/C=C\CCCCCCC. The molecule has 0 fully saturated rings. The van der Waals surface area contributed by atoms with E-state index in [-0.39, 0.29) is 24.6 Å². The number of nitrogens with zero attached hydrogens (tertiary/aromatic N) is 1. The molecule has 0 aliphatic carbocycles. The lowest BCUT2D eigenvalue weighted by Crippen LogP contribution is -2.26. The summed E-state index contributed by atoms with van der Waals surface area (Å²) in [7, 11) is 4.07. The third kappa shape index (κ3) is 36.7. The first-order chi connectivity index (χ1) is 23.5. The zero-order valence-electron chi connectivity index (χ0n) is 32.1. The van der Waals surface area contributed by atoms with Crippen LogP contribution in [0.1, 0.15) is 181 Å². The van der Waals surface area contributed by atoms with E-state index >= 15 is 0 Å². The van der Waals surface area contributed by atoms with Crippen LogP contribution in [-0.4, -0.2) is 50.2 Å². The van der Waals surface area contributed by atoms with E-state index in [4.69, 9.17) is 9.47 Å². The molecule has 0 aliphatic rings. The summed E-state index contributed by atoms with van der Waals surface area (Å²) in [5.74, 6) is -0.379. The molecule has 0 radical (unpaired) electrons. The molecule has 5 heteroatoms. The van der Waals surface area contributed by atoms with E-state index in [9.17, 15) is 9.59 Å². The number of hydrogen-bond donors (Lipinski definition) is 0. The number of ether oxygens (including phenoxy) is 2. The van der Waals surface area contributed by atoms with Crippen molar-refractivity contribution in [1.29, 1.82) is 0 Å². The van der Waals surface area contributed by atoms with Crippen molar-refractivity contribution in [3.8, 4) is 0 Å². The molecule has 0 saturated heterocycles. The lowest BCUT2D eigenvalue weighted by Gasteiger charge is -2.19. The Labute approximate surface area is 298 Å². The van der Waals surface area contributed by atoms with Crippen LogP contribution < -0.4 is 0 Å². The Morgan fingerprint density at radius 1 is 0.500 bits per heavy atom. The summed E-state index contributed by atoms with van der Waals surface area (Å²) in [5, 5.41) is 0. The molecule has 0 aliphatic heterocycles. The Hall–Kier alpha value is -2.14. The van der Waals surface area contributed by atoms with Gasteiger partial charge in [-0.15, -0.1) is 0 Å². The van der Waals surface area contributed by atoms with Gasteiger partial charge in [0.2, 0.25) is 0 Å². The van der Waals surface area contributed by atoms with Gasteiger partial charge in [0.05, 0.1) is 0 Å². The molecule has 0 aromatic rings. The van der Waals surface area contributed by atoms with E-state index in [0.29, 0.717) is 19.3 Å². The van der Waals surface area contributed by atoms with Crippen LogP contribution in [0.3, 0.4) is 0 Å². The third-order valence-electron chi connectivity index (χ3n) is 8.47. The van der Waals surface area contributed by atoms with E-state index in [1.165, 1.54) is 83.5 Å². The lowest BCUT2D eigenvalue weighted by molar-refractivity contribution is -0.159. The largest absolute Gasteiger partial charge is 0.462 e. The quantitative estimate of drug-likeness (QED) is 0.0381. The second-order valence-electron chi connectivity index (χ2n) is 13.7. The monoisotopic (exact) mass is 672 g/mol. The highest BCUT2D eigenvalue weighted by molar-refractivity contribution is 5.70. The Balaban J connectivity index is 4.03. The fraction of sp³-hybridized carbons (Fsp3) is 0.767. The smallest absolute Gasteiger partial charge is 0.306 e. The van der Waals surface area contributed by atoms with Crippen molar-refractivity contribution >= 4 is 11.9 Å². The van der Waals surface area contributed by atoms with Crippen molar-refractivity contribution in [2.24, 2.45) is 0 Å². The molecule has 0 heterocycles. The summed E-state index contributed by atoms with van der Waals surface area (Å²) in [6, 6.07) is 0. The first-order valence-electron chi connectivity index (χ1n) is 20.1. The Morgan fingerprint density at radius 3 is 1.40 bits per heavy atom. The van der Waals surface area contributed by atoms with Gasteiger partial charge in [0, 0.05) is 12.8 Å². The molecular weight excluding hydrogens is 594 g/mol. The molecular formula is C43H77NO4. The number of esters is 2. The van der Waals surface area contributed by atoms with Crippen LogP contribution in [0, 0.1) is 0 Å². The van der Waals surface area contributed by atoms with Crippen molar-refractivity contribution in [3.63, 3.8) is 0 Å². The van der Waals surface area contributed by atoms with E-state index in [2.05, 4.69) is 67.4 Å². The zero-order chi connectivity index (χ0) is 35.2. The fourth-order valence-corrected chi connectivity index (χ4v) is 5.41. The van der Waals surface area contributed by atoms with Crippen molar-refractivity contribution < 1.29 is 19.1 Å². The minimum Gasteiger partial charge on any atom is -0.462 e. The normalized spacial score (nSPS) is 12.8. The van der Waals surface area contributed by atoms with Crippen LogP contribution >= 0.6 is 0 Å². The molecule has 278 valence electrons. The van der Waals surface area contributed by atoms with Gasteiger partial charge in [-0.05, 0) is 136 Å². The number of hydrogen-bond acceptors (Lipinski definition) is 5. The molecule has 0 saturated carbocycles. The molecule has 0 N–H and O–H groups in total. The first kappa shape index (κ1) is 45.9. The van der Waals surface area contributed by atoms with Gasteiger partial charge in [-0.3, -0.25) is 9.59 Å². The highest BCUT2D eigenvalue weighted by Crippen LogP contribution is 2.12. The summed E-state index contributed by atoms with van der Waals surface area (Å²) < 4.78 is 11.3. The van der Waals surface area contributed by atoms with E-state index in [0.717, 1.165) is 70.8 Å². The van der Waals surface area contributed by atoms with Gasteiger partial charge in [-0.25, -0.2) is 0 Å². The molecule has 0 aromatic carbocycles. The average Bonchev–Trinajstić information content (AvgIpc) is 3.06. The molecule has 48 heavy (non-hydrogen) atoms. The summed E-state index contributed by atoms with van der Waals surface area (Å²) in [6.45, 7) is 5.57. The van der Waals surface area contributed by atoms with Crippen LogP contribution in [0.2, 0.25) is 0 Å². The highest BCUT2D eigenvalue weighted by Gasteiger charge is 2.17. The molecule has 5 nitrogen and oxygen atoms in total. The van der Waals surface area contributed by atoms with E-state index in [1.807, 2.05) is 14.1 Å². The van der Waals surface area contributed by atoms with Crippen LogP contribution in [0.25, 0.3) is 0 Å². The van der Waals surface area contributed by atoms with Gasteiger partial charge in [0.25, 0.3) is 0 Å². The molecule has 1 atom stereocenters. The fourth-order valence-electron chi connectivity index (χ4n) is 5.41. The number of allylic oxidation sites excluding steroid dienone is 8. The van der Waals surface area contributed by atoms with Crippen molar-refractivity contribution in [2.75, 3.05) is 27.2 Å². The van der Waals surface area contributed by atoms with Crippen LogP contribution in [0.4, 0.5) is 0 Å².